The summed E-state index contributed by atoms with van der Waals surface area (Å²) in [5.41, 5.74) is 2.17. The molecular formula is C25H21FN2O3. The van der Waals surface area contributed by atoms with Gasteiger partial charge >= 0.3 is 0 Å². The number of phenolic OH excluding ortho intramolecular Hbond substituents is 2. The molecule has 0 atom stereocenters. The second-order valence-electron chi connectivity index (χ2n) is 7.27. The van der Waals surface area contributed by atoms with Crippen LogP contribution in [-0.2, 0) is 13.0 Å². The zero-order valence-electron chi connectivity index (χ0n) is 16.9. The molecule has 0 saturated heterocycles. The van der Waals surface area contributed by atoms with Crippen LogP contribution in [0.5, 0.6) is 11.5 Å². The van der Waals surface area contributed by atoms with E-state index in [2.05, 4.69) is 4.98 Å². The van der Waals surface area contributed by atoms with Crippen LogP contribution in [0.2, 0.25) is 0 Å². The smallest absolute Gasteiger partial charge is 0.261 e. The van der Waals surface area contributed by atoms with E-state index in [1.165, 1.54) is 28.8 Å². The van der Waals surface area contributed by atoms with Gasteiger partial charge in [-0.25, -0.2) is 9.37 Å². The summed E-state index contributed by atoms with van der Waals surface area (Å²) in [4.78, 5) is 18.2. The van der Waals surface area contributed by atoms with Crippen molar-refractivity contribution >= 4 is 0 Å². The van der Waals surface area contributed by atoms with Crippen LogP contribution in [-0.4, -0.2) is 19.8 Å². The molecule has 0 aliphatic heterocycles. The minimum Gasteiger partial charge on any atom is -0.508 e. The summed E-state index contributed by atoms with van der Waals surface area (Å²) in [5.74, 6) is -1.10. The van der Waals surface area contributed by atoms with Crippen molar-refractivity contribution in [1.82, 2.24) is 9.55 Å². The molecule has 1 heterocycles. The van der Waals surface area contributed by atoms with Gasteiger partial charge in [0.15, 0.2) is 11.6 Å². The maximum Gasteiger partial charge on any atom is 0.261 e. The Balaban J connectivity index is 1.92. The van der Waals surface area contributed by atoms with Gasteiger partial charge in [0.05, 0.1) is 16.8 Å². The van der Waals surface area contributed by atoms with E-state index < -0.39 is 11.6 Å². The molecule has 0 spiro atoms. The summed E-state index contributed by atoms with van der Waals surface area (Å²) in [6.07, 6.45) is 0.550. The van der Waals surface area contributed by atoms with Crippen molar-refractivity contribution < 1.29 is 14.6 Å². The number of aromatic nitrogens is 2. The normalized spacial score (nSPS) is 10.9. The first-order chi connectivity index (χ1) is 15.0. The molecule has 0 radical (unpaired) electrons. The van der Waals surface area contributed by atoms with E-state index in [1.54, 1.807) is 19.1 Å². The fourth-order valence-electron chi connectivity index (χ4n) is 3.65. The summed E-state index contributed by atoms with van der Waals surface area (Å²) < 4.78 is 15.5. The van der Waals surface area contributed by atoms with Crippen molar-refractivity contribution in [2.45, 2.75) is 19.9 Å². The minimum absolute atomic E-state index is 0.0407. The molecule has 0 aliphatic carbocycles. The lowest BCUT2D eigenvalue weighted by molar-refractivity contribution is 0.433. The Morgan fingerprint density at radius 3 is 2.45 bits per heavy atom. The molecule has 2 N–H and O–H groups in total. The number of halogens is 1. The number of nitrogens with zero attached hydrogens (tertiary/aromatic N) is 2. The first-order valence-electron chi connectivity index (χ1n) is 9.88. The van der Waals surface area contributed by atoms with Gasteiger partial charge in [-0.3, -0.25) is 9.36 Å². The lowest BCUT2D eigenvalue weighted by atomic mass is 10.0. The minimum atomic E-state index is -0.781. The van der Waals surface area contributed by atoms with E-state index in [9.17, 15) is 19.4 Å². The maximum absolute atomic E-state index is 14.0. The molecule has 4 aromatic rings. The van der Waals surface area contributed by atoms with Crippen molar-refractivity contribution in [2.75, 3.05) is 0 Å². The number of para-hydroxylation sites is 1. The number of benzene rings is 3. The van der Waals surface area contributed by atoms with Crippen LogP contribution in [0.4, 0.5) is 4.39 Å². The van der Waals surface area contributed by atoms with Crippen LogP contribution in [0.1, 0.15) is 11.3 Å². The van der Waals surface area contributed by atoms with Gasteiger partial charge in [-0.2, -0.15) is 0 Å². The van der Waals surface area contributed by atoms with Gasteiger partial charge in [-0.05, 0) is 48.7 Å². The predicted octanol–water partition coefficient (Wildman–Crippen LogP) is 4.68. The second kappa shape index (κ2) is 8.44. The van der Waals surface area contributed by atoms with Crippen LogP contribution < -0.4 is 5.56 Å². The molecular weight excluding hydrogens is 395 g/mol. The number of aryl methyl sites for hydroxylation is 2. The topological polar surface area (TPSA) is 75.4 Å². The molecule has 0 fully saturated rings. The van der Waals surface area contributed by atoms with E-state index >= 15 is 0 Å². The number of aromatic hydroxyl groups is 2. The molecule has 6 heteroatoms. The van der Waals surface area contributed by atoms with Crippen molar-refractivity contribution in [3.05, 3.63) is 100 Å². The summed E-state index contributed by atoms with van der Waals surface area (Å²) >= 11 is 0. The number of phenols is 2. The summed E-state index contributed by atoms with van der Waals surface area (Å²) in [6, 6.07) is 20.2. The van der Waals surface area contributed by atoms with E-state index in [0.29, 0.717) is 23.2 Å². The molecule has 1 aromatic heterocycles. The number of rotatable bonds is 5. The Labute approximate surface area is 178 Å². The van der Waals surface area contributed by atoms with Gasteiger partial charge in [0.25, 0.3) is 5.56 Å². The van der Waals surface area contributed by atoms with Crippen LogP contribution in [0.15, 0.2) is 77.6 Å². The zero-order valence-corrected chi connectivity index (χ0v) is 16.9. The van der Waals surface area contributed by atoms with Crippen molar-refractivity contribution in [1.29, 1.82) is 0 Å². The summed E-state index contributed by atoms with van der Waals surface area (Å²) in [5, 5.41) is 20.2. The lowest BCUT2D eigenvalue weighted by Crippen LogP contribution is -2.27. The highest BCUT2D eigenvalue weighted by atomic mass is 19.1. The van der Waals surface area contributed by atoms with Gasteiger partial charge in [0, 0.05) is 6.54 Å². The molecule has 0 bridgehead atoms. The molecule has 31 heavy (non-hydrogen) atoms. The van der Waals surface area contributed by atoms with Gasteiger partial charge in [0.1, 0.15) is 11.6 Å². The van der Waals surface area contributed by atoms with Gasteiger partial charge in [0.2, 0.25) is 0 Å². The van der Waals surface area contributed by atoms with E-state index in [1.807, 2.05) is 30.3 Å². The monoisotopic (exact) mass is 416 g/mol. The fourth-order valence-corrected chi connectivity index (χ4v) is 3.65. The van der Waals surface area contributed by atoms with Crippen LogP contribution in [0.3, 0.4) is 0 Å². The molecule has 5 nitrogen and oxygen atoms in total. The van der Waals surface area contributed by atoms with Gasteiger partial charge in [-0.15, -0.1) is 0 Å². The second-order valence-corrected chi connectivity index (χ2v) is 7.27. The molecule has 3 aromatic carbocycles. The Hall–Kier alpha value is -3.93. The number of hydrogen-bond donors (Lipinski definition) is 2. The zero-order chi connectivity index (χ0) is 22.0. The van der Waals surface area contributed by atoms with Crippen molar-refractivity contribution in [2.24, 2.45) is 0 Å². The van der Waals surface area contributed by atoms with E-state index in [4.69, 9.17) is 0 Å². The van der Waals surface area contributed by atoms with Crippen molar-refractivity contribution in [3.8, 4) is 34.0 Å². The van der Waals surface area contributed by atoms with Crippen LogP contribution in [0, 0.1) is 12.7 Å². The highest BCUT2D eigenvalue weighted by Crippen LogP contribution is 2.31. The van der Waals surface area contributed by atoms with Crippen molar-refractivity contribution in [3.63, 3.8) is 0 Å². The Morgan fingerprint density at radius 2 is 1.71 bits per heavy atom. The Kier molecular flexibility index (Phi) is 5.54. The van der Waals surface area contributed by atoms with Crippen LogP contribution in [0.25, 0.3) is 22.5 Å². The quantitative estimate of drug-likeness (QED) is 0.495. The third kappa shape index (κ3) is 4.05. The lowest BCUT2D eigenvalue weighted by Gasteiger charge is -2.17. The molecule has 0 saturated carbocycles. The average molecular weight is 416 g/mol. The predicted molar refractivity (Wildman–Crippen MR) is 118 cm³/mol. The average Bonchev–Trinajstić information content (AvgIpc) is 2.75. The largest absolute Gasteiger partial charge is 0.508 e. The Morgan fingerprint density at radius 1 is 0.968 bits per heavy atom. The molecule has 0 aliphatic rings. The maximum atomic E-state index is 14.0. The highest BCUT2D eigenvalue weighted by molar-refractivity contribution is 5.70. The standard InChI is InChI=1S/C25H21FN2O3/c1-16-22(18-9-5-10-19(29)15-18)25(31)28(14-13-17-7-3-2-4-8-17)24(27-16)20-11-6-12-21(26)23(20)30/h2-12,15,29-30H,13-14H2,1H3. The molecule has 0 unspecified atom stereocenters. The summed E-state index contributed by atoms with van der Waals surface area (Å²) in [7, 11) is 0. The third-order valence-electron chi connectivity index (χ3n) is 5.18. The molecule has 4 rings (SSSR count). The third-order valence-corrected chi connectivity index (χ3v) is 5.18. The Bertz CT molecular complexity index is 1300. The molecule has 156 valence electrons. The fraction of sp³-hybridized carbons (Fsp3) is 0.120. The van der Waals surface area contributed by atoms with Gasteiger partial charge in [-0.1, -0.05) is 48.5 Å². The summed E-state index contributed by atoms with van der Waals surface area (Å²) in [6.45, 7) is 1.97. The first kappa shape index (κ1) is 20.3. The SMILES string of the molecule is Cc1nc(-c2cccc(F)c2O)n(CCc2ccccc2)c(=O)c1-c1cccc(O)c1. The first-order valence-corrected chi connectivity index (χ1v) is 9.88. The number of hydrogen-bond acceptors (Lipinski definition) is 4. The van der Waals surface area contributed by atoms with Gasteiger partial charge < -0.3 is 10.2 Å². The molecule has 0 amide bonds. The highest BCUT2D eigenvalue weighted by Gasteiger charge is 2.20. The van der Waals surface area contributed by atoms with E-state index in [-0.39, 0.29) is 29.2 Å². The van der Waals surface area contributed by atoms with E-state index in [0.717, 1.165) is 11.6 Å². The van der Waals surface area contributed by atoms with Crippen LogP contribution >= 0.6 is 0 Å².